The fourth-order valence-electron chi connectivity index (χ4n) is 3.12. The SMILES string of the molecule is CN1C(C(=O)C=Cc2cccc(C(=O)NCC(=O)O)c2)C(=O)c2ccccc2S1(=O)=O. The lowest BCUT2D eigenvalue weighted by atomic mass is 9.99. The average molecular weight is 442 g/mol. The molecule has 1 aliphatic rings. The van der Waals surface area contributed by atoms with Crippen LogP contribution in [0.15, 0.2) is 59.5 Å². The van der Waals surface area contributed by atoms with E-state index in [0.717, 1.165) is 10.4 Å². The summed E-state index contributed by atoms with van der Waals surface area (Å²) in [7, 11) is -2.83. The van der Waals surface area contributed by atoms with Crippen LogP contribution in [0.25, 0.3) is 6.08 Å². The fourth-order valence-corrected chi connectivity index (χ4v) is 4.61. The maximum absolute atomic E-state index is 12.8. The van der Waals surface area contributed by atoms with E-state index in [1.54, 1.807) is 12.1 Å². The number of amides is 1. The van der Waals surface area contributed by atoms with Gasteiger partial charge in [0.15, 0.2) is 17.6 Å². The van der Waals surface area contributed by atoms with E-state index >= 15 is 0 Å². The molecule has 1 aliphatic heterocycles. The van der Waals surface area contributed by atoms with Crippen LogP contribution in [0.2, 0.25) is 0 Å². The van der Waals surface area contributed by atoms with Crippen molar-refractivity contribution in [2.24, 2.45) is 0 Å². The smallest absolute Gasteiger partial charge is 0.322 e. The number of rotatable bonds is 6. The number of carbonyl (C=O) groups is 4. The van der Waals surface area contributed by atoms with Gasteiger partial charge in [0.05, 0.1) is 4.90 Å². The molecular formula is C21H18N2O7S. The van der Waals surface area contributed by atoms with Crippen molar-refractivity contribution in [1.29, 1.82) is 0 Å². The third kappa shape index (κ3) is 4.44. The van der Waals surface area contributed by atoms with Gasteiger partial charge in [-0.05, 0) is 35.9 Å². The van der Waals surface area contributed by atoms with Gasteiger partial charge in [-0.3, -0.25) is 19.2 Å². The summed E-state index contributed by atoms with van der Waals surface area (Å²) >= 11 is 0. The van der Waals surface area contributed by atoms with Gasteiger partial charge >= 0.3 is 5.97 Å². The Bertz CT molecular complexity index is 1220. The highest BCUT2D eigenvalue weighted by molar-refractivity contribution is 7.89. The Hall–Kier alpha value is -3.63. The first-order valence-corrected chi connectivity index (χ1v) is 10.5. The Morgan fingerprint density at radius 3 is 2.55 bits per heavy atom. The van der Waals surface area contributed by atoms with Crippen LogP contribution in [0.3, 0.4) is 0 Å². The van der Waals surface area contributed by atoms with Crippen LogP contribution in [0.5, 0.6) is 0 Å². The van der Waals surface area contributed by atoms with Crippen LogP contribution in [0, 0.1) is 0 Å². The number of carboxylic acid groups (broad SMARTS) is 1. The highest BCUT2D eigenvalue weighted by Gasteiger charge is 2.44. The summed E-state index contributed by atoms with van der Waals surface area (Å²) in [5.41, 5.74) is 0.577. The topological polar surface area (TPSA) is 138 Å². The standard InChI is InChI=1S/C21H18N2O7S/c1-23-19(20(27)15-7-2-3-8-17(15)31(23,29)30)16(24)10-9-13-5-4-6-14(11-13)21(28)22-12-18(25)26/h2-11,19H,12H2,1H3,(H,22,28)(H,25,26). The Balaban J connectivity index is 1.83. The van der Waals surface area contributed by atoms with E-state index in [-0.39, 0.29) is 16.0 Å². The molecule has 2 aromatic carbocycles. The van der Waals surface area contributed by atoms with Crippen LogP contribution in [-0.4, -0.2) is 60.9 Å². The van der Waals surface area contributed by atoms with Crippen molar-refractivity contribution in [2.75, 3.05) is 13.6 Å². The molecule has 1 amide bonds. The summed E-state index contributed by atoms with van der Waals surface area (Å²) in [4.78, 5) is 47.9. The minimum atomic E-state index is -4.01. The zero-order valence-corrected chi connectivity index (χ0v) is 17.1. The van der Waals surface area contributed by atoms with Gasteiger partial charge in [-0.15, -0.1) is 0 Å². The third-order valence-electron chi connectivity index (χ3n) is 4.68. The number of likely N-dealkylation sites (N-methyl/N-ethyl adjacent to an activating group) is 1. The summed E-state index contributed by atoms with van der Waals surface area (Å²) in [6, 6.07) is 10.2. The number of aliphatic carboxylic acids is 1. The van der Waals surface area contributed by atoms with Crippen molar-refractivity contribution in [3.63, 3.8) is 0 Å². The van der Waals surface area contributed by atoms with Crippen LogP contribution in [0.1, 0.15) is 26.3 Å². The Morgan fingerprint density at radius 2 is 1.84 bits per heavy atom. The van der Waals surface area contributed by atoms with Gasteiger partial charge in [-0.25, -0.2) is 8.42 Å². The first-order chi connectivity index (χ1) is 14.6. The van der Waals surface area contributed by atoms with Gasteiger partial charge in [0.1, 0.15) is 6.54 Å². The molecule has 160 valence electrons. The molecule has 1 heterocycles. The molecule has 9 nitrogen and oxygen atoms in total. The van der Waals surface area contributed by atoms with E-state index in [0.29, 0.717) is 5.56 Å². The predicted octanol–water partition coefficient (Wildman–Crippen LogP) is 0.969. The van der Waals surface area contributed by atoms with Crippen molar-refractivity contribution in [3.05, 3.63) is 71.3 Å². The molecule has 2 N–H and O–H groups in total. The lowest BCUT2D eigenvalue weighted by Gasteiger charge is -2.30. The van der Waals surface area contributed by atoms with Gasteiger partial charge in [-0.1, -0.05) is 30.3 Å². The van der Waals surface area contributed by atoms with E-state index < -0.39 is 46.1 Å². The molecule has 0 spiro atoms. The summed E-state index contributed by atoms with van der Waals surface area (Å²) in [5, 5.41) is 10.9. The van der Waals surface area contributed by atoms with Crippen molar-refractivity contribution >= 4 is 39.5 Å². The minimum Gasteiger partial charge on any atom is -0.480 e. The Morgan fingerprint density at radius 1 is 1.13 bits per heavy atom. The molecular weight excluding hydrogens is 424 g/mol. The van der Waals surface area contributed by atoms with Gasteiger partial charge in [0.2, 0.25) is 10.0 Å². The molecule has 0 radical (unpaired) electrons. The molecule has 10 heteroatoms. The highest BCUT2D eigenvalue weighted by atomic mass is 32.2. The zero-order chi connectivity index (χ0) is 22.8. The van der Waals surface area contributed by atoms with Crippen LogP contribution in [0.4, 0.5) is 0 Å². The van der Waals surface area contributed by atoms with Crippen LogP contribution >= 0.6 is 0 Å². The number of nitrogens with zero attached hydrogens (tertiary/aromatic N) is 1. The Labute approximate surface area is 178 Å². The number of carboxylic acids is 1. The fraction of sp³-hybridized carbons (Fsp3) is 0.143. The van der Waals surface area contributed by atoms with Gasteiger partial charge in [0, 0.05) is 18.2 Å². The van der Waals surface area contributed by atoms with Gasteiger partial charge in [-0.2, -0.15) is 4.31 Å². The average Bonchev–Trinajstić information content (AvgIpc) is 2.75. The highest BCUT2D eigenvalue weighted by Crippen LogP contribution is 2.29. The number of carbonyl (C=O) groups excluding carboxylic acids is 3. The van der Waals surface area contributed by atoms with Gasteiger partial charge < -0.3 is 10.4 Å². The van der Waals surface area contributed by atoms with Crippen molar-refractivity contribution in [3.8, 4) is 0 Å². The molecule has 2 aromatic rings. The number of fused-ring (bicyclic) bond motifs is 1. The maximum atomic E-state index is 12.8. The third-order valence-corrected chi connectivity index (χ3v) is 6.56. The molecule has 31 heavy (non-hydrogen) atoms. The maximum Gasteiger partial charge on any atom is 0.322 e. The van der Waals surface area contributed by atoms with E-state index in [1.165, 1.54) is 49.5 Å². The van der Waals surface area contributed by atoms with E-state index in [4.69, 9.17) is 5.11 Å². The van der Waals surface area contributed by atoms with Crippen LogP contribution < -0.4 is 5.32 Å². The number of hydrogen-bond donors (Lipinski definition) is 2. The molecule has 1 unspecified atom stereocenters. The van der Waals surface area contributed by atoms with E-state index in [2.05, 4.69) is 5.32 Å². The van der Waals surface area contributed by atoms with Crippen LogP contribution in [-0.2, 0) is 19.6 Å². The first kappa shape index (κ1) is 22.1. The zero-order valence-electron chi connectivity index (χ0n) is 16.3. The molecule has 0 bridgehead atoms. The summed E-state index contributed by atoms with van der Waals surface area (Å²) in [6.45, 7) is -0.538. The minimum absolute atomic E-state index is 0.0375. The monoisotopic (exact) mass is 442 g/mol. The summed E-state index contributed by atoms with van der Waals surface area (Å²) in [6.07, 6.45) is 2.43. The van der Waals surface area contributed by atoms with Crippen molar-refractivity contribution in [2.45, 2.75) is 10.9 Å². The summed E-state index contributed by atoms with van der Waals surface area (Å²) in [5.74, 6) is -3.14. The predicted molar refractivity (Wildman–Crippen MR) is 110 cm³/mol. The molecule has 0 saturated heterocycles. The second-order valence-electron chi connectivity index (χ2n) is 6.72. The first-order valence-electron chi connectivity index (χ1n) is 9.06. The Kier molecular flexibility index (Phi) is 6.14. The molecule has 3 rings (SSSR count). The largest absolute Gasteiger partial charge is 0.480 e. The number of ketones is 2. The number of hydrogen-bond acceptors (Lipinski definition) is 6. The van der Waals surface area contributed by atoms with E-state index in [1.807, 2.05) is 0 Å². The van der Waals surface area contributed by atoms with Gasteiger partial charge in [0.25, 0.3) is 5.91 Å². The summed E-state index contributed by atoms with van der Waals surface area (Å²) < 4.78 is 26.1. The number of Topliss-reactive ketones (excluding diaryl/α,β-unsaturated/α-hetero) is 1. The molecule has 0 aliphatic carbocycles. The van der Waals surface area contributed by atoms with E-state index in [9.17, 15) is 27.6 Å². The quantitative estimate of drug-likeness (QED) is 0.502. The second kappa shape index (κ2) is 8.62. The number of benzene rings is 2. The molecule has 0 saturated carbocycles. The van der Waals surface area contributed by atoms with Crippen molar-refractivity contribution in [1.82, 2.24) is 9.62 Å². The second-order valence-corrected chi connectivity index (χ2v) is 8.69. The number of sulfonamides is 1. The molecule has 0 aromatic heterocycles. The number of nitrogens with one attached hydrogen (secondary N) is 1. The van der Waals surface area contributed by atoms with Crippen molar-refractivity contribution < 1.29 is 32.7 Å². The molecule has 0 fully saturated rings. The lowest BCUT2D eigenvalue weighted by molar-refractivity contribution is -0.135. The molecule has 1 atom stereocenters. The normalized spacial score (nSPS) is 17.8. The lowest BCUT2D eigenvalue weighted by Crippen LogP contribution is -2.50.